The van der Waals surface area contributed by atoms with Gasteiger partial charge in [-0.2, -0.15) is 12.6 Å². The van der Waals surface area contributed by atoms with Crippen molar-refractivity contribution >= 4 is 24.4 Å². The van der Waals surface area contributed by atoms with Crippen LogP contribution in [0.5, 0.6) is 0 Å². The van der Waals surface area contributed by atoms with Crippen LogP contribution >= 0.6 is 12.6 Å². The molecule has 0 aliphatic carbocycles. The molecule has 22 heavy (non-hydrogen) atoms. The van der Waals surface area contributed by atoms with Crippen molar-refractivity contribution in [3.63, 3.8) is 0 Å². The summed E-state index contributed by atoms with van der Waals surface area (Å²) in [6, 6.07) is 16.1. The largest absolute Gasteiger partial charge is 0.480 e. The molecule has 2 rings (SSSR count). The van der Waals surface area contributed by atoms with Gasteiger partial charge in [-0.25, -0.2) is 0 Å². The van der Waals surface area contributed by atoms with Gasteiger partial charge in [0.05, 0.1) is 6.54 Å². The summed E-state index contributed by atoms with van der Waals surface area (Å²) in [7, 11) is 0. The molecule has 0 aliphatic heterocycles. The monoisotopic (exact) mass is 315 g/mol. The highest BCUT2D eigenvalue weighted by atomic mass is 32.1. The summed E-state index contributed by atoms with van der Waals surface area (Å²) >= 11 is 3.97. The van der Waals surface area contributed by atoms with Crippen LogP contribution < -0.4 is 5.32 Å². The normalized spacial score (nSPS) is 11.9. The molecule has 0 saturated carbocycles. The zero-order valence-electron chi connectivity index (χ0n) is 11.9. The molecule has 2 N–H and O–H groups in total. The average Bonchev–Trinajstić information content (AvgIpc) is 2.55. The third kappa shape index (κ3) is 3.96. The van der Waals surface area contributed by atoms with Crippen LogP contribution in [0.2, 0.25) is 0 Å². The molecule has 0 fully saturated rings. The van der Waals surface area contributed by atoms with Crippen LogP contribution in [-0.4, -0.2) is 35.2 Å². The fourth-order valence-electron chi connectivity index (χ4n) is 2.14. The maximum atomic E-state index is 12.4. The number of carbonyl (C=O) groups is 2. The van der Waals surface area contributed by atoms with Gasteiger partial charge in [0, 0.05) is 11.3 Å². The molecule has 1 atom stereocenters. The Hall–Kier alpha value is -2.11. The van der Waals surface area contributed by atoms with Crippen LogP contribution in [0.1, 0.15) is 10.4 Å². The number of hydrogen-bond donors (Lipinski definition) is 3. The molecule has 0 radical (unpaired) electrons. The molecule has 0 spiro atoms. The minimum atomic E-state index is -1.01. The number of nitrogens with one attached hydrogen (secondary N) is 1. The summed E-state index contributed by atoms with van der Waals surface area (Å²) in [5.74, 6) is -1.03. The average molecular weight is 315 g/mol. The molecule has 114 valence electrons. The van der Waals surface area contributed by atoms with Crippen LogP contribution in [0, 0.1) is 0 Å². The molecule has 0 bridgehead atoms. The number of ketones is 1. The van der Waals surface area contributed by atoms with E-state index in [-0.39, 0.29) is 18.1 Å². The van der Waals surface area contributed by atoms with E-state index in [2.05, 4.69) is 17.9 Å². The van der Waals surface area contributed by atoms with Crippen LogP contribution in [0.4, 0.5) is 0 Å². The third-order valence-electron chi connectivity index (χ3n) is 3.30. The molecule has 4 nitrogen and oxygen atoms in total. The smallest absolute Gasteiger partial charge is 0.321 e. The van der Waals surface area contributed by atoms with Crippen molar-refractivity contribution in [2.24, 2.45) is 0 Å². The summed E-state index contributed by atoms with van der Waals surface area (Å²) in [6.07, 6.45) is 0. The van der Waals surface area contributed by atoms with Gasteiger partial charge in [-0.15, -0.1) is 0 Å². The van der Waals surface area contributed by atoms with Crippen molar-refractivity contribution in [3.05, 3.63) is 60.2 Å². The first-order valence-corrected chi connectivity index (χ1v) is 7.51. The number of thiol groups is 1. The number of hydrogen-bond acceptors (Lipinski definition) is 4. The zero-order valence-corrected chi connectivity index (χ0v) is 12.8. The van der Waals surface area contributed by atoms with Crippen LogP contribution in [0.15, 0.2) is 54.6 Å². The first-order valence-electron chi connectivity index (χ1n) is 6.88. The van der Waals surface area contributed by atoms with Gasteiger partial charge in [0.1, 0.15) is 6.04 Å². The lowest BCUT2D eigenvalue weighted by Crippen LogP contribution is -2.41. The van der Waals surface area contributed by atoms with Gasteiger partial charge in [-0.05, 0) is 11.1 Å². The molecule has 0 aromatic heterocycles. The number of Topliss-reactive ketones (excluding diaryl/α,β-unsaturated/α-hetero) is 1. The van der Waals surface area contributed by atoms with Crippen molar-refractivity contribution < 1.29 is 14.7 Å². The summed E-state index contributed by atoms with van der Waals surface area (Å²) in [5.41, 5.74) is 2.37. The number of carboxylic acid groups (broad SMARTS) is 1. The number of rotatable bonds is 7. The fourth-order valence-corrected chi connectivity index (χ4v) is 2.42. The van der Waals surface area contributed by atoms with Gasteiger partial charge in [0.25, 0.3) is 0 Å². The predicted octanol–water partition coefficient (Wildman–Crippen LogP) is 2.51. The molecule has 0 aliphatic rings. The van der Waals surface area contributed by atoms with Gasteiger partial charge in [0.2, 0.25) is 0 Å². The molecular formula is C17H17NO3S. The summed E-state index contributed by atoms with van der Waals surface area (Å²) < 4.78 is 0. The van der Waals surface area contributed by atoms with E-state index in [1.165, 1.54) is 0 Å². The zero-order chi connectivity index (χ0) is 15.9. The van der Waals surface area contributed by atoms with Crippen molar-refractivity contribution in [2.45, 2.75) is 6.04 Å². The van der Waals surface area contributed by atoms with Crippen LogP contribution in [-0.2, 0) is 4.79 Å². The van der Waals surface area contributed by atoms with Crippen molar-refractivity contribution in [3.8, 4) is 11.1 Å². The second-order valence-electron chi connectivity index (χ2n) is 4.79. The van der Waals surface area contributed by atoms with Gasteiger partial charge in [0.15, 0.2) is 5.78 Å². The minimum Gasteiger partial charge on any atom is -0.480 e. The molecular weight excluding hydrogens is 298 g/mol. The van der Waals surface area contributed by atoms with E-state index in [4.69, 9.17) is 5.11 Å². The maximum Gasteiger partial charge on any atom is 0.321 e. The topological polar surface area (TPSA) is 66.4 Å². The van der Waals surface area contributed by atoms with Gasteiger partial charge in [-0.3, -0.25) is 14.9 Å². The molecule has 0 unspecified atom stereocenters. The van der Waals surface area contributed by atoms with E-state index in [9.17, 15) is 9.59 Å². The molecule has 0 amide bonds. The lowest BCUT2D eigenvalue weighted by atomic mass is 9.97. The third-order valence-corrected chi connectivity index (χ3v) is 3.67. The molecule has 0 heterocycles. The molecule has 2 aromatic rings. The van der Waals surface area contributed by atoms with Crippen LogP contribution in [0.3, 0.4) is 0 Å². The second-order valence-corrected chi connectivity index (χ2v) is 5.15. The van der Waals surface area contributed by atoms with Crippen molar-refractivity contribution in [2.75, 3.05) is 12.3 Å². The standard InChI is InChI=1S/C17H17NO3S/c19-16(10-18-15(11-22)17(20)21)14-9-5-4-8-13(14)12-6-2-1-3-7-12/h1-9,15,18,22H,10-11H2,(H,20,21)/t15-/m1/s1. The Kier molecular flexibility index (Phi) is 5.75. The first-order chi connectivity index (χ1) is 10.6. The number of aliphatic carboxylic acids is 1. The van der Waals surface area contributed by atoms with E-state index in [1.54, 1.807) is 12.1 Å². The first kappa shape index (κ1) is 16.3. The Balaban J connectivity index is 2.19. The Labute approximate surface area is 134 Å². The summed E-state index contributed by atoms with van der Waals surface area (Å²) in [6.45, 7) is -0.0403. The SMILES string of the molecule is O=C(CN[C@H](CS)C(=O)O)c1ccccc1-c1ccccc1. The Morgan fingerprint density at radius 3 is 2.32 bits per heavy atom. The van der Waals surface area contributed by atoms with Gasteiger partial charge < -0.3 is 5.11 Å². The highest BCUT2D eigenvalue weighted by Crippen LogP contribution is 2.23. The number of carbonyl (C=O) groups excluding carboxylic acids is 1. The Bertz CT molecular complexity index is 658. The maximum absolute atomic E-state index is 12.4. The van der Waals surface area contributed by atoms with E-state index < -0.39 is 12.0 Å². The highest BCUT2D eigenvalue weighted by molar-refractivity contribution is 7.80. The van der Waals surface area contributed by atoms with Crippen molar-refractivity contribution in [1.29, 1.82) is 0 Å². The lowest BCUT2D eigenvalue weighted by Gasteiger charge is -2.13. The molecule has 0 saturated heterocycles. The van der Waals surface area contributed by atoms with Crippen LogP contribution in [0.25, 0.3) is 11.1 Å². The van der Waals surface area contributed by atoms with Gasteiger partial charge >= 0.3 is 5.97 Å². The molecule has 5 heteroatoms. The van der Waals surface area contributed by atoms with E-state index >= 15 is 0 Å². The van der Waals surface area contributed by atoms with E-state index in [0.717, 1.165) is 11.1 Å². The Morgan fingerprint density at radius 1 is 1.05 bits per heavy atom. The number of carboxylic acids is 1. The van der Waals surface area contributed by atoms with E-state index in [0.29, 0.717) is 5.56 Å². The summed E-state index contributed by atoms with van der Waals surface area (Å²) in [5, 5.41) is 11.7. The fraction of sp³-hybridized carbons (Fsp3) is 0.176. The van der Waals surface area contributed by atoms with E-state index in [1.807, 2.05) is 42.5 Å². The quantitative estimate of drug-likeness (QED) is 0.542. The number of benzene rings is 2. The Morgan fingerprint density at radius 2 is 1.68 bits per heavy atom. The highest BCUT2D eigenvalue weighted by Gasteiger charge is 2.18. The second kappa shape index (κ2) is 7.77. The lowest BCUT2D eigenvalue weighted by molar-refractivity contribution is -0.138. The predicted molar refractivity (Wildman–Crippen MR) is 89.5 cm³/mol. The summed E-state index contributed by atoms with van der Waals surface area (Å²) in [4.78, 5) is 23.3. The van der Waals surface area contributed by atoms with Crippen molar-refractivity contribution in [1.82, 2.24) is 5.32 Å². The molecule has 2 aromatic carbocycles. The minimum absolute atomic E-state index is 0.0403. The van der Waals surface area contributed by atoms with Gasteiger partial charge in [-0.1, -0.05) is 54.6 Å².